The van der Waals surface area contributed by atoms with Gasteiger partial charge in [0.25, 0.3) is 0 Å². The van der Waals surface area contributed by atoms with Crippen molar-refractivity contribution < 1.29 is 9.00 Å². The third-order valence-corrected chi connectivity index (χ3v) is 2.53. The molecule has 0 aliphatic rings. The van der Waals surface area contributed by atoms with E-state index >= 15 is 0 Å². The van der Waals surface area contributed by atoms with Crippen LogP contribution in [0.1, 0.15) is 6.42 Å². The molecule has 5 heteroatoms. The highest BCUT2D eigenvalue weighted by molar-refractivity contribution is 7.85. The second-order valence-electron chi connectivity index (χ2n) is 2.06. The van der Waals surface area contributed by atoms with Gasteiger partial charge < -0.3 is 11.1 Å². The molecule has 0 aromatic heterocycles. The Morgan fingerprint density at radius 2 is 2.18 bits per heavy atom. The van der Waals surface area contributed by atoms with Gasteiger partial charge in [0, 0.05) is 42.3 Å². The maximum Gasteiger partial charge on any atom is 0.220 e. The predicted molar refractivity (Wildman–Crippen MR) is 45.6 cm³/mol. The highest BCUT2D eigenvalue weighted by Crippen LogP contribution is 1.86. The zero-order valence-electron chi connectivity index (χ0n) is 6.63. The maximum absolute atomic E-state index is 10.9. The van der Waals surface area contributed by atoms with Gasteiger partial charge in [0.15, 0.2) is 0 Å². The van der Waals surface area contributed by atoms with Crippen molar-refractivity contribution in [1.82, 2.24) is 5.32 Å². The van der Waals surface area contributed by atoms with Crippen molar-refractivity contribution in [1.29, 1.82) is 0 Å². The SMILES string of the molecule is CNC(=O)CCS(=O)CCN. The number of carbonyl (C=O) groups is 1. The van der Waals surface area contributed by atoms with Crippen molar-refractivity contribution in [2.75, 3.05) is 25.1 Å². The lowest BCUT2D eigenvalue weighted by molar-refractivity contribution is -0.120. The molecular formula is C6H14N2O2S. The molecule has 0 heterocycles. The van der Waals surface area contributed by atoms with Gasteiger partial charge in [0.05, 0.1) is 0 Å². The van der Waals surface area contributed by atoms with Crippen LogP contribution in [0.15, 0.2) is 0 Å². The number of hydrogen-bond acceptors (Lipinski definition) is 3. The smallest absolute Gasteiger partial charge is 0.220 e. The van der Waals surface area contributed by atoms with E-state index in [1.165, 1.54) is 0 Å². The predicted octanol–water partition coefficient (Wildman–Crippen LogP) is -1.17. The summed E-state index contributed by atoms with van der Waals surface area (Å²) >= 11 is 0. The number of carbonyl (C=O) groups excluding carboxylic acids is 1. The highest BCUT2D eigenvalue weighted by Gasteiger charge is 2.01. The van der Waals surface area contributed by atoms with Gasteiger partial charge in [-0.3, -0.25) is 9.00 Å². The molecule has 11 heavy (non-hydrogen) atoms. The molecule has 3 N–H and O–H groups in total. The van der Waals surface area contributed by atoms with E-state index in [1.54, 1.807) is 7.05 Å². The largest absolute Gasteiger partial charge is 0.359 e. The van der Waals surface area contributed by atoms with Gasteiger partial charge in [-0.05, 0) is 0 Å². The van der Waals surface area contributed by atoms with Gasteiger partial charge in [-0.2, -0.15) is 0 Å². The van der Waals surface area contributed by atoms with E-state index in [4.69, 9.17) is 5.73 Å². The summed E-state index contributed by atoms with van der Waals surface area (Å²) in [4.78, 5) is 10.6. The summed E-state index contributed by atoms with van der Waals surface area (Å²) in [5, 5.41) is 2.46. The van der Waals surface area contributed by atoms with E-state index in [9.17, 15) is 9.00 Å². The van der Waals surface area contributed by atoms with E-state index < -0.39 is 10.8 Å². The maximum atomic E-state index is 10.9. The Morgan fingerprint density at radius 3 is 2.64 bits per heavy atom. The third-order valence-electron chi connectivity index (χ3n) is 1.18. The molecule has 66 valence electrons. The molecule has 0 saturated heterocycles. The molecule has 0 spiro atoms. The van der Waals surface area contributed by atoms with Crippen LogP contribution in [0.2, 0.25) is 0 Å². The van der Waals surface area contributed by atoms with E-state index in [0.29, 0.717) is 24.5 Å². The van der Waals surface area contributed by atoms with Gasteiger partial charge in [0.1, 0.15) is 0 Å². The van der Waals surface area contributed by atoms with E-state index in [2.05, 4.69) is 5.32 Å². The average Bonchev–Trinajstić information content (AvgIpc) is 2.01. The second-order valence-corrected chi connectivity index (χ2v) is 3.76. The number of amides is 1. The summed E-state index contributed by atoms with van der Waals surface area (Å²) in [5.74, 6) is 0.823. The number of nitrogens with two attached hydrogens (primary N) is 1. The minimum Gasteiger partial charge on any atom is -0.359 e. The average molecular weight is 178 g/mol. The summed E-state index contributed by atoms with van der Waals surface area (Å²) in [6.45, 7) is 0.417. The number of rotatable bonds is 5. The first-order chi connectivity index (χ1) is 5.20. The van der Waals surface area contributed by atoms with Crippen molar-refractivity contribution >= 4 is 16.7 Å². The summed E-state index contributed by atoms with van der Waals surface area (Å²) in [6, 6.07) is 0. The van der Waals surface area contributed by atoms with E-state index in [-0.39, 0.29) is 5.91 Å². The van der Waals surface area contributed by atoms with Crippen LogP contribution in [0.25, 0.3) is 0 Å². The highest BCUT2D eigenvalue weighted by atomic mass is 32.2. The Morgan fingerprint density at radius 1 is 1.55 bits per heavy atom. The Kier molecular flexibility index (Phi) is 6.06. The Hall–Kier alpha value is -0.420. The summed E-state index contributed by atoms with van der Waals surface area (Å²) in [5.41, 5.74) is 5.17. The van der Waals surface area contributed by atoms with Gasteiger partial charge in [-0.15, -0.1) is 0 Å². The van der Waals surface area contributed by atoms with Crippen LogP contribution in [-0.4, -0.2) is 35.2 Å². The van der Waals surface area contributed by atoms with Crippen molar-refractivity contribution in [3.8, 4) is 0 Å². The van der Waals surface area contributed by atoms with Crippen LogP contribution < -0.4 is 11.1 Å². The fourth-order valence-corrected chi connectivity index (χ4v) is 1.45. The molecule has 0 bridgehead atoms. The van der Waals surface area contributed by atoms with Crippen molar-refractivity contribution in [3.63, 3.8) is 0 Å². The zero-order valence-corrected chi connectivity index (χ0v) is 7.45. The van der Waals surface area contributed by atoms with E-state index in [0.717, 1.165) is 0 Å². The third kappa shape index (κ3) is 6.00. The lowest BCUT2D eigenvalue weighted by atomic mass is 10.5. The molecule has 0 aromatic rings. The Bertz CT molecular complexity index is 150. The van der Waals surface area contributed by atoms with Crippen LogP contribution in [0.5, 0.6) is 0 Å². The summed E-state index contributed by atoms with van der Waals surface area (Å²) < 4.78 is 10.9. The monoisotopic (exact) mass is 178 g/mol. The fraction of sp³-hybridized carbons (Fsp3) is 0.833. The molecule has 1 atom stereocenters. The minimum atomic E-state index is -0.928. The van der Waals surface area contributed by atoms with Crippen LogP contribution in [0, 0.1) is 0 Å². The number of nitrogens with one attached hydrogen (secondary N) is 1. The first-order valence-corrected chi connectivity index (χ1v) is 4.95. The second kappa shape index (κ2) is 6.30. The normalized spacial score (nSPS) is 12.5. The molecular weight excluding hydrogens is 164 g/mol. The topological polar surface area (TPSA) is 72.2 Å². The lowest BCUT2D eigenvalue weighted by Crippen LogP contribution is -2.21. The molecule has 1 amide bonds. The Labute approximate surface area is 69.0 Å². The molecule has 0 aliphatic carbocycles. The molecule has 1 unspecified atom stereocenters. The molecule has 0 saturated carbocycles. The molecule has 0 aromatic carbocycles. The van der Waals surface area contributed by atoms with Gasteiger partial charge >= 0.3 is 0 Å². The van der Waals surface area contributed by atoms with Crippen molar-refractivity contribution in [3.05, 3.63) is 0 Å². The molecule has 0 rings (SSSR count). The summed E-state index contributed by atoms with van der Waals surface area (Å²) in [7, 11) is 0.636. The van der Waals surface area contributed by atoms with Crippen LogP contribution in [0.4, 0.5) is 0 Å². The van der Waals surface area contributed by atoms with Crippen molar-refractivity contribution in [2.24, 2.45) is 5.73 Å². The van der Waals surface area contributed by atoms with Gasteiger partial charge in [-0.1, -0.05) is 0 Å². The summed E-state index contributed by atoms with van der Waals surface area (Å²) in [6.07, 6.45) is 0.323. The first-order valence-electron chi connectivity index (χ1n) is 3.46. The van der Waals surface area contributed by atoms with Crippen LogP contribution >= 0.6 is 0 Å². The minimum absolute atomic E-state index is 0.0737. The zero-order chi connectivity index (χ0) is 8.69. The molecule has 0 aliphatic heterocycles. The van der Waals surface area contributed by atoms with Crippen molar-refractivity contribution in [2.45, 2.75) is 6.42 Å². The first kappa shape index (κ1) is 10.6. The molecule has 4 nitrogen and oxygen atoms in total. The van der Waals surface area contributed by atoms with Gasteiger partial charge in [0.2, 0.25) is 5.91 Å². The number of hydrogen-bond donors (Lipinski definition) is 2. The fourth-order valence-electron chi connectivity index (χ4n) is 0.565. The Balaban J connectivity index is 3.38. The molecule has 0 radical (unpaired) electrons. The van der Waals surface area contributed by atoms with Gasteiger partial charge in [-0.25, -0.2) is 0 Å². The van der Waals surface area contributed by atoms with Crippen LogP contribution in [0.3, 0.4) is 0 Å². The van der Waals surface area contributed by atoms with E-state index in [1.807, 2.05) is 0 Å². The standard InChI is InChI=1S/C6H14N2O2S/c1-8-6(9)2-4-11(10)5-3-7/h2-5,7H2,1H3,(H,8,9). The molecule has 0 fully saturated rings. The lowest BCUT2D eigenvalue weighted by Gasteiger charge is -1.98. The van der Waals surface area contributed by atoms with Crippen LogP contribution in [-0.2, 0) is 15.6 Å². The quantitative estimate of drug-likeness (QED) is 0.557.